The van der Waals surface area contributed by atoms with Crippen LogP contribution in [0.4, 0.5) is 0 Å². The second-order valence-electron chi connectivity index (χ2n) is 4.73. The standard InChI is InChI=1S/C13H19N3O/c14-12-3-1-10(2-4-12)9-16-13(17)11-5-7-15-8-6-11/h5-8,10,12H,1-4,9,14H2,(H,16,17). The third-order valence-corrected chi connectivity index (χ3v) is 3.39. The molecule has 4 heteroatoms. The average Bonchev–Trinajstić information content (AvgIpc) is 2.39. The first kappa shape index (κ1) is 12.0. The summed E-state index contributed by atoms with van der Waals surface area (Å²) in [6.45, 7) is 0.758. The molecule has 0 unspecified atom stereocenters. The summed E-state index contributed by atoms with van der Waals surface area (Å²) in [5.41, 5.74) is 6.52. The third kappa shape index (κ3) is 3.53. The highest BCUT2D eigenvalue weighted by molar-refractivity contribution is 5.93. The van der Waals surface area contributed by atoms with Crippen molar-refractivity contribution in [1.29, 1.82) is 0 Å². The average molecular weight is 233 g/mol. The normalized spacial score (nSPS) is 24.3. The Morgan fingerprint density at radius 1 is 1.29 bits per heavy atom. The Hall–Kier alpha value is -1.42. The van der Waals surface area contributed by atoms with Crippen LogP contribution < -0.4 is 11.1 Å². The lowest BCUT2D eigenvalue weighted by atomic mass is 9.86. The van der Waals surface area contributed by atoms with E-state index >= 15 is 0 Å². The van der Waals surface area contributed by atoms with Gasteiger partial charge in [-0.15, -0.1) is 0 Å². The largest absolute Gasteiger partial charge is 0.352 e. The molecule has 0 spiro atoms. The van der Waals surface area contributed by atoms with Gasteiger partial charge in [-0.25, -0.2) is 0 Å². The zero-order valence-electron chi connectivity index (χ0n) is 9.93. The van der Waals surface area contributed by atoms with Crippen LogP contribution in [0.5, 0.6) is 0 Å². The van der Waals surface area contributed by atoms with Crippen molar-refractivity contribution in [2.75, 3.05) is 6.54 Å². The van der Waals surface area contributed by atoms with Crippen LogP contribution in [0.3, 0.4) is 0 Å². The summed E-state index contributed by atoms with van der Waals surface area (Å²) in [6, 6.07) is 3.82. The molecule has 1 aliphatic carbocycles. The highest BCUT2D eigenvalue weighted by Crippen LogP contribution is 2.22. The number of amides is 1. The fourth-order valence-electron chi connectivity index (χ4n) is 2.23. The number of nitrogens with one attached hydrogen (secondary N) is 1. The molecule has 0 radical (unpaired) electrons. The first-order chi connectivity index (χ1) is 8.25. The van der Waals surface area contributed by atoms with E-state index in [1.54, 1.807) is 24.5 Å². The second kappa shape index (κ2) is 5.77. The number of nitrogens with two attached hydrogens (primary N) is 1. The first-order valence-corrected chi connectivity index (χ1v) is 6.19. The van der Waals surface area contributed by atoms with E-state index in [2.05, 4.69) is 10.3 Å². The van der Waals surface area contributed by atoms with Crippen LogP contribution in [0.2, 0.25) is 0 Å². The van der Waals surface area contributed by atoms with E-state index in [0.717, 1.165) is 32.2 Å². The molecule has 1 aromatic heterocycles. The molecule has 1 aromatic rings. The van der Waals surface area contributed by atoms with Crippen LogP contribution in [0.1, 0.15) is 36.0 Å². The van der Waals surface area contributed by atoms with E-state index in [-0.39, 0.29) is 5.91 Å². The van der Waals surface area contributed by atoms with Gasteiger partial charge in [0, 0.05) is 30.5 Å². The van der Waals surface area contributed by atoms with Crippen molar-refractivity contribution >= 4 is 5.91 Å². The number of hydrogen-bond acceptors (Lipinski definition) is 3. The summed E-state index contributed by atoms with van der Waals surface area (Å²) in [5.74, 6) is 0.572. The van der Waals surface area contributed by atoms with Crippen LogP contribution in [-0.4, -0.2) is 23.5 Å². The molecule has 4 nitrogen and oxygen atoms in total. The van der Waals surface area contributed by atoms with Gasteiger partial charge < -0.3 is 11.1 Å². The molecule has 1 aliphatic rings. The molecular formula is C13H19N3O. The highest BCUT2D eigenvalue weighted by atomic mass is 16.1. The van der Waals surface area contributed by atoms with Gasteiger partial charge in [-0.1, -0.05) is 0 Å². The summed E-state index contributed by atoms with van der Waals surface area (Å²) in [6.07, 6.45) is 7.67. The van der Waals surface area contributed by atoms with Gasteiger partial charge >= 0.3 is 0 Å². The van der Waals surface area contributed by atoms with Crippen molar-refractivity contribution in [3.05, 3.63) is 30.1 Å². The number of hydrogen-bond donors (Lipinski definition) is 2. The maximum atomic E-state index is 11.8. The van der Waals surface area contributed by atoms with Crippen LogP contribution >= 0.6 is 0 Å². The van der Waals surface area contributed by atoms with Crippen LogP contribution in [0.15, 0.2) is 24.5 Å². The number of carbonyl (C=O) groups is 1. The maximum absolute atomic E-state index is 11.8. The van der Waals surface area contributed by atoms with Gasteiger partial charge in [0.05, 0.1) is 0 Å². The van der Waals surface area contributed by atoms with Gasteiger partial charge in [-0.05, 0) is 43.7 Å². The first-order valence-electron chi connectivity index (χ1n) is 6.19. The van der Waals surface area contributed by atoms with E-state index in [4.69, 9.17) is 5.73 Å². The fraction of sp³-hybridized carbons (Fsp3) is 0.538. The Balaban J connectivity index is 1.77. The zero-order valence-corrected chi connectivity index (χ0v) is 9.93. The van der Waals surface area contributed by atoms with Gasteiger partial charge in [-0.2, -0.15) is 0 Å². The topological polar surface area (TPSA) is 68.0 Å². The minimum atomic E-state index is -0.0118. The number of rotatable bonds is 3. The minimum Gasteiger partial charge on any atom is -0.352 e. The molecule has 92 valence electrons. The van der Waals surface area contributed by atoms with Crippen molar-refractivity contribution in [2.45, 2.75) is 31.7 Å². The quantitative estimate of drug-likeness (QED) is 0.827. The lowest BCUT2D eigenvalue weighted by Crippen LogP contribution is -2.34. The van der Waals surface area contributed by atoms with Gasteiger partial charge in [0.15, 0.2) is 0 Å². The molecule has 1 heterocycles. The molecule has 0 atom stereocenters. The fourth-order valence-corrected chi connectivity index (χ4v) is 2.23. The van der Waals surface area contributed by atoms with E-state index in [9.17, 15) is 4.79 Å². The highest BCUT2D eigenvalue weighted by Gasteiger charge is 2.18. The molecule has 17 heavy (non-hydrogen) atoms. The molecule has 1 saturated carbocycles. The molecule has 1 fully saturated rings. The van der Waals surface area contributed by atoms with Crippen LogP contribution in [0, 0.1) is 5.92 Å². The van der Waals surface area contributed by atoms with Crippen molar-refractivity contribution < 1.29 is 4.79 Å². The Bertz CT molecular complexity index is 358. The maximum Gasteiger partial charge on any atom is 0.251 e. The summed E-state index contributed by atoms with van der Waals surface area (Å²) >= 11 is 0. The SMILES string of the molecule is NC1CCC(CNC(=O)c2ccncc2)CC1. The summed E-state index contributed by atoms with van der Waals surface area (Å²) in [5, 5.41) is 2.98. The van der Waals surface area contributed by atoms with E-state index < -0.39 is 0 Å². The minimum absolute atomic E-state index is 0.0118. The molecule has 0 aromatic carbocycles. The molecule has 0 bridgehead atoms. The predicted molar refractivity (Wildman–Crippen MR) is 66.5 cm³/mol. The van der Waals surface area contributed by atoms with Crippen LogP contribution in [0.25, 0.3) is 0 Å². The third-order valence-electron chi connectivity index (χ3n) is 3.39. The Labute approximate surface area is 102 Å². The van der Waals surface area contributed by atoms with Crippen molar-refractivity contribution in [2.24, 2.45) is 11.7 Å². The lowest BCUT2D eigenvalue weighted by Gasteiger charge is -2.26. The van der Waals surface area contributed by atoms with Crippen molar-refractivity contribution in [3.63, 3.8) is 0 Å². The molecule has 3 N–H and O–H groups in total. The van der Waals surface area contributed by atoms with Gasteiger partial charge in [0.2, 0.25) is 0 Å². The number of aromatic nitrogens is 1. The van der Waals surface area contributed by atoms with Crippen LogP contribution in [-0.2, 0) is 0 Å². The van der Waals surface area contributed by atoms with E-state index in [0.29, 0.717) is 17.5 Å². The molecule has 2 rings (SSSR count). The Morgan fingerprint density at radius 2 is 1.94 bits per heavy atom. The van der Waals surface area contributed by atoms with Gasteiger partial charge in [0.1, 0.15) is 0 Å². The van der Waals surface area contributed by atoms with Crippen molar-refractivity contribution in [1.82, 2.24) is 10.3 Å². The Morgan fingerprint density at radius 3 is 2.59 bits per heavy atom. The summed E-state index contributed by atoms with van der Waals surface area (Å²) in [7, 11) is 0. The van der Waals surface area contributed by atoms with E-state index in [1.807, 2.05) is 0 Å². The molecule has 0 aliphatic heterocycles. The van der Waals surface area contributed by atoms with Gasteiger partial charge in [0.25, 0.3) is 5.91 Å². The molecule has 0 saturated heterocycles. The predicted octanol–water partition coefficient (Wildman–Crippen LogP) is 1.33. The van der Waals surface area contributed by atoms with Crippen molar-refractivity contribution in [3.8, 4) is 0 Å². The number of carbonyl (C=O) groups excluding carboxylic acids is 1. The summed E-state index contributed by atoms with van der Waals surface area (Å²) in [4.78, 5) is 15.7. The molecular weight excluding hydrogens is 214 g/mol. The second-order valence-corrected chi connectivity index (χ2v) is 4.73. The van der Waals surface area contributed by atoms with E-state index in [1.165, 1.54) is 0 Å². The summed E-state index contributed by atoms with van der Waals surface area (Å²) < 4.78 is 0. The zero-order chi connectivity index (χ0) is 12.1. The number of pyridine rings is 1. The Kier molecular flexibility index (Phi) is 4.09. The number of nitrogens with zero attached hydrogens (tertiary/aromatic N) is 1. The van der Waals surface area contributed by atoms with Gasteiger partial charge in [-0.3, -0.25) is 9.78 Å². The smallest absolute Gasteiger partial charge is 0.251 e. The monoisotopic (exact) mass is 233 g/mol. The molecule has 1 amide bonds. The lowest BCUT2D eigenvalue weighted by molar-refractivity contribution is 0.0943.